The lowest BCUT2D eigenvalue weighted by molar-refractivity contribution is -0.139. The quantitative estimate of drug-likeness (QED) is 0.385. The van der Waals surface area contributed by atoms with Gasteiger partial charge in [-0.15, -0.1) is 6.58 Å². The Morgan fingerprint density at radius 1 is 1.60 bits per heavy atom. The number of esters is 1. The summed E-state index contributed by atoms with van der Waals surface area (Å²) in [5.74, 6) is -3.33. The molecule has 0 spiro atoms. The van der Waals surface area contributed by atoms with Gasteiger partial charge in [-0.2, -0.15) is 0 Å². The van der Waals surface area contributed by atoms with E-state index >= 15 is 0 Å². The van der Waals surface area contributed by atoms with E-state index in [9.17, 15) is 13.6 Å². The molecule has 0 atom stereocenters. The van der Waals surface area contributed by atoms with Crippen LogP contribution in [0, 0.1) is 0 Å². The van der Waals surface area contributed by atoms with Crippen LogP contribution in [0.25, 0.3) is 0 Å². The van der Waals surface area contributed by atoms with E-state index in [0.29, 0.717) is 12.8 Å². The van der Waals surface area contributed by atoms with Crippen LogP contribution in [0.3, 0.4) is 0 Å². The molecule has 0 radical (unpaired) electrons. The van der Waals surface area contributed by atoms with Gasteiger partial charge in [0.1, 0.15) is 0 Å². The van der Waals surface area contributed by atoms with Crippen molar-refractivity contribution >= 4 is 5.97 Å². The van der Waals surface area contributed by atoms with E-state index in [4.69, 9.17) is 0 Å². The molecule has 0 fully saturated rings. The molecule has 0 bridgehead atoms. The van der Waals surface area contributed by atoms with Gasteiger partial charge in [-0.25, -0.2) is 8.78 Å². The van der Waals surface area contributed by atoms with Gasteiger partial charge in [0.25, 0.3) is 5.92 Å². The number of alkyl halides is 2. The summed E-state index contributed by atoms with van der Waals surface area (Å²) in [4.78, 5) is 10.6. The average Bonchev–Trinajstić information content (AvgIpc) is 2.17. The van der Waals surface area contributed by atoms with E-state index < -0.39 is 18.4 Å². The maximum atomic E-state index is 13.1. The van der Waals surface area contributed by atoms with Crippen LogP contribution in [-0.4, -0.2) is 32.1 Å². The van der Waals surface area contributed by atoms with Crippen molar-refractivity contribution in [1.29, 1.82) is 0 Å². The first-order valence-corrected chi connectivity index (χ1v) is 4.78. The molecule has 88 valence electrons. The zero-order chi connectivity index (χ0) is 11.7. The molecule has 0 aliphatic heterocycles. The second-order valence-corrected chi connectivity index (χ2v) is 3.22. The fraction of sp³-hybridized carbons (Fsp3) is 0.700. The molecule has 5 heteroatoms. The van der Waals surface area contributed by atoms with Crippen molar-refractivity contribution in [2.45, 2.75) is 25.2 Å². The number of methoxy groups -OCH3 is 1. The van der Waals surface area contributed by atoms with Gasteiger partial charge >= 0.3 is 5.97 Å². The van der Waals surface area contributed by atoms with Crippen molar-refractivity contribution in [1.82, 2.24) is 5.32 Å². The Kier molecular flexibility index (Phi) is 6.86. The van der Waals surface area contributed by atoms with E-state index in [1.165, 1.54) is 7.11 Å². The Morgan fingerprint density at radius 3 is 2.80 bits per heavy atom. The third kappa shape index (κ3) is 8.05. The van der Waals surface area contributed by atoms with Gasteiger partial charge in [-0.3, -0.25) is 4.79 Å². The Morgan fingerprint density at radius 2 is 2.27 bits per heavy atom. The first-order chi connectivity index (χ1) is 7.02. The SMILES string of the molecule is C=CCCCC(F)(F)CNCC(=O)OC. The van der Waals surface area contributed by atoms with Crippen molar-refractivity contribution in [2.24, 2.45) is 0 Å². The molecular weight excluding hydrogens is 204 g/mol. The summed E-state index contributed by atoms with van der Waals surface area (Å²) in [5, 5.41) is 2.35. The number of halogens is 2. The molecule has 0 aromatic rings. The Hall–Kier alpha value is -0.970. The Balaban J connectivity index is 3.63. The number of hydrogen-bond donors (Lipinski definition) is 1. The Labute approximate surface area is 88.5 Å². The van der Waals surface area contributed by atoms with Crippen molar-refractivity contribution < 1.29 is 18.3 Å². The predicted molar refractivity (Wildman–Crippen MR) is 53.9 cm³/mol. The molecule has 0 saturated carbocycles. The maximum Gasteiger partial charge on any atom is 0.319 e. The molecule has 3 nitrogen and oxygen atoms in total. The molecule has 0 aromatic carbocycles. The van der Waals surface area contributed by atoms with Gasteiger partial charge in [0.2, 0.25) is 0 Å². The minimum absolute atomic E-state index is 0.187. The highest BCUT2D eigenvalue weighted by atomic mass is 19.3. The number of hydrogen-bond acceptors (Lipinski definition) is 3. The summed E-state index contributed by atoms with van der Waals surface area (Å²) in [6.07, 6.45) is 2.38. The van der Waals surface area contributed by atoms with E-state index in [1.54, 1.807) is 6.08 Å². The minimum atomic E-state index is -2.78. The van der Waals surface area contributed by atoms with E-state index in [1.807, 2.05) is 0 Å². The van der Waals surface area contributed by atoms with E-state index in [0.717, 1.165) is 0 Å². The van der Waals surface area contributed by atoms with Crippen LogP contribution in [0.1, 0.15) is 19.3 Å². The van der Waals surface area contributed by atoms with Crippen LogP contribution in [0.5, 0.6) is 0 Å². The molecule has 15 heavy (non-hydrogen) atoms. The first-order valence-electron chi connectivity index (χ1n) is 4.78. The third-order valence-corrected chi connectivity index (χ3v) is 1.83. The van der Waals surface area contributed by atoms with Gasteiger partial charge in [0.05, 0.1) is 20.2 Å². The van der Waals surface area contributed by atoms with E-state index in [-0.39, 0.29) is 13.0 Å². The van der Waals surface area contributed by atoms with Gasteiger partial charge in [0.15, 0.2) is 0 Å². The topological polar surface area (TPSA) is 38.3 Å². The summed E-state index contributed by atoms with van der Waals surface area (Å²) in [6, 6.07) is 0. The highest BCUT2D eigenvalue weighted by Gasteiger charge is 2.27. The highest BCUT2D eigenvalue weighted by molar-refractivity contribution is 5.71. The lowest BCUT2D eigenvalue weighted by Crippen LogP contribution is -2.36. The van der Waals surface area contributed by atoms with Crippen LogP contribution >= 0.6 is 0 Å². The minimum Gasteiger partial charge on any atom is -0.468 e. The molecule has 0 aromatic heterocycles. The standard InChI is InChI=1S/C10H17F2NO2/c1-3-4-5-6-10(11,12)8-13-7-9(14)15-2/h3,13H,1,4-8H2,2H3. The largest absolute Gasteiger partial charge is 0.468 e. The van der Waals surface area contributed by atoms with Crippen LogP contribution in [0.2, 0.25) is 0 Å². The number of unbranched alkanes of at least 4 members (excludes halogenated alkanes) is 1. The van der Waals surface area contributed by atoms with Crippen molar-refractivity contribution in [3.05, 3.63) is 12.7 Å². The fourth-order valence-corrected chi connectivity index (χ4v) is 1.01. The van der Waals surface area contributed by atoms with Crippen molar-refractivity contribution in [3.63, 3.8) is 0 Å². The number of rotatable bonds is 8. The number of ether oxygens (including phenoxy) is 1. The van der Waals surface area contributed by atoms with Crippen LogP contribution in [0.15, 0.2) is 12.7 Å². The lowest BCUT2D eigenvalue weighted by Gasteiger charge is -2.16. The second kappa shape index (κ2) is 7.34. The monoisotopic (exact) mass is 221 g/mol. The van der Waals surface area contributed by atoms with Gasteiger partial charge < -0.3 is 10.1 Å². The molecule has 0 saturated heterocycles. The molecule has 0 aliphatic rings. The van der Waals surface area contributed by atoms with E-state index in [2.05, 4.69) is 16.6 Å². The fourth-order valence-electron chi connectivity index (χ4n) is 1.01. The summed E-state index contributed by atoms with van der Waals surface area (Å²) >= 11 is 0. The molecular formula is C10H17F2NO2. The number of carbonyl (C=O) groups excluding carboxylic acids is 1. The molecule has 0 rings (SSSR count). The van der Waals surface area contributed by atoms with Crippen molar-refractivity contribution in [2.75, 3.05) is 20.2 Å². The zero-order valence-electron chi connectivity index (χ0n) is 8.89. The molecule has 0 aliphatic carbocycles. The second-order valence-electron chi connectivity index (χ2n) is 3.22. The molecule has 1 N–H and O–H groups in total. The van der Waals surface area contributed by atoms with Gasteiger partial charge in [-0.05, 0) is 12.8 Å². The van der Waals surface area contributed by atoms with Gasteiger partial charge in [0, 0.05) is 6.42 Å². The molecule has 0 unspecified atom stereocenters. The number of allylic oxidation sites excluding steroid dienone is 1. The molecule has 0 heterocycles. The summed E-state index contributed by atoms with van der Waals surface area (Å²) in [7, 11) is 1.21. The van der Waals surface area contributed by atoms with Crippen LogP contribution < -0.4 is 5.32 Å². The average molecular weight is 221 g/mol. The predicted octanol–water partition coefficient (Wildman–Crippen LogP) is 1.74. The molecule has 0 amide bonds. The smallest absolute Gasteiger partial charge is 0.319 e. The van der Waals surface area contributed by atoms with Crippen LogP contribution in [-0.2, 0) is 9.53 Å². The zero-order valence-corrected chi connectivity index (χ0v) is 8.89. The van der Waals surface area contributed by atoms with Gasteiger partial charge in [-0.1, -0.05) is 6.08 Å². The lowest BCUT2D eigenvalue weighted by atomic mass is 10.1. The summed E-state index contributed by atoms with van der Waals surface area (Å²) in [5.41, 5.74) is 0. The Bertz CT molecular complexity index is 208. The highest BCUT2D eigenvalue weighted by Crippen LogP contribution is 2.20. The summed E-state index contributed by atoms with van der Waals surface area (Å²) in [6.45, 7) is 2.77. The summed E-state index contributed by atoms with van der Waals surface area (Å²) < 4.78 is 30.4. The number of nitrogens with one attached hydrogen (secondary N) is 1. The third-order valence-electron chi connectivity index (χ3n) is 1.83. The first kappa shape index (κ1) is 14.0. The van der Waals surface area contributed by atoms with Crippen molar-refractivity contribution in [3.8, 4) is 0 Å². The maximum absolute atomic E-state index is 13.1. The number of carbonyl (C=O) groups is 1. The normalized spacial score (nSPS) is 11.1. The van der Waals surface area contributed by atoms with Crippen LogP contribution in [0.4, 0.5) is 8.78 Å².